The Hall–Kier alpha value is -2.76. The number of thioether (sulfide) groups is 1. The summed E-state index contributed by atoms with van der Waals surface area (Å²) in [6, 6.07) is 9.15. The largest absolute Gasteiger partial charge is 0.307 e. The van der Waals surface area contributed by atoms with Crippen molar-refractivity contribution in [3.8, 4) is 0 Å². The molecule has 3 aromatic rings. The van der Waals surface area contributed by atoms with E-state index >= 15 is 0 Å². The first kappa shape index (κ1) is 18.3. The summed E-state index contributed by atoms with van der Waals surface area (Å²) in [6.45, 7) is 0. The van der Waals surface area contributed by atoms with Gasteiger partial charge >= 0.3 is 4.87 Å². The Labute approximate surface area is 175 Å². The molecule has 1 saturated heterocycles. The lowest BCUT2D eigenvalue weighted by molar-refractivity contribution is -0.384. The van der Waals surface area contributed by atoms with Gasteiger partial charge in [0.2, 0.25) is 11.8 Å². The molecule has 11 heteroatoms. The molecule has 0 saturated carbocycles. The zero-order valence-electron chi connectivity index (χ0n) is 14.4. The average molecular weight is 446 g/mol. The highest BCUT2D eigenvalue weighted by molar-refractivity contribution is 8.00. The molecule has 1 N–H and O–H groups in total. The first-order valence-corrected chi connectivity index (χ1v) is 11.1. The van der Waals surface area contributed by atoms with Crippen LogP contribution in [0.1, 0.15) is 15.7 Å². The number of amides is 2. The fourth-order valence-electron chi connectivity index (χ4n) is 3.77. The zero-order valence-corrected chi connectivity index (χ0v) is 16.9. The van der Waals surface area contributed by atoms with Gasteiger partial charge < -0.3 is 4.98 Å². The zero-order chi connectivity index (χ0) is 20.3. The Morgan fingerprint density at radius 2 is 1.83 bits per heavy atom. The normalized spacial score (nSPS) is 23.2. The lowest BCUT2D eigenvalue weighted by Crippen LogP contribution is -2.32. The van der Waals surface area contributed by atoms with E-state index in [1.165, 1.54) is 47.4 Å². The molecular formula is C18H11N3O5S3. The van der Waals surface area contributed by atoms with Crippen molar-refractivity contribution in [3.63, 3.8) is 0 Å². The van der Waals surface area contributed by atoms with Crippen molar-refractivity contribution in [1.29, 1.82) is 0 Å². The number of nitrogens with one attached hydrogen (secondary N) is 1. The SMILES string of the molecule is O=C1C2Sc3[nH]c(=O)sc3C(c3cccs3)C2C(=O)N1c1ccc([N+](=O)[O-])cc1. The summed E-state index contributed by atoms with van der Waals surface area (Å²) in [4.78, 5) is 54.2. The van der Waals surface area contributed by atoms with Crippen molar-refractivity contribution >= 4 is 57.6 Å². The number of nitrogens with zero attached hydrogens (tertiary/aromatic N) is 2. The van der Waals surface area contributed by atoms with E-state index in [1.54, 1.807) is 0 Å². The highest BCUT2D eigenvalue weighted by Gasteiger charge is 2.56. The van der Waals surface area contributed by atoms with Crippen molar-refractivity contribution in [1.82, 2.24) is 4.98 Å². The first-order valence-electron chi connectivity index (χ1n) is 8.51. The molecule has 8 nitrogen and oxygen atoms in total. The number of hydrogen-bond acceptors (Lipinski definition) is 8. The predicted octanol–water partition coefficient (Wildman–Crippen LogP) is 3.20. The third-order valence-corrected chi connectivity index (χ3v) is 8.35. The van der Waals surface area contributed by atoms with Crippen molar-refractivity contribution < 1.29 is 14.5 Å². The Morgan fingerprint density at radius 3 is 2.48 bits per heavy atom. The van der Waals surface area contributed by atoms with Gasteiger partial charge in [-0.3, -0.25) is 24.5 Å². The van der Waals surface area contributed by atoms with Crippen molar-refractivity contribution in [2.45, 2.75) is 16.2 Å². The van der Waals surface area contributed by atoms with Crippen LogP contribution in [0.25, 0.3) is 0 Å². The number of benzene rings is 1. The smallest absolute Gasteiger partial charge is 0.305 e. The van der Waals surface area contributed by atoms with Crippen LogP contribution in [-0.2, 0) is 9.59 Å². The number of thiazole rings is 1. The van der Waals surface area contributed by atoms with Gasteiger partial charge in [0, 0.05) is 27.8 Å². The Kier molecular flexibility index (Phi) is 4.19. The summed E-state index contributed by atoms with van der Waals surface area (Å²) in [7, 11) is 0. The minimum Gasteiger partial charge on any atom is -0.307 e. The number of carbonyl (C=O) groups is 2. The van der Waals surface area contributed by atoms with Crippen molar-refractivity contribution in [2.75, 3.05) is 4.90 Å². The number of nitro groups is 1. The average Bonchev–Trinajstić information content (AvgIpc) is 3.40. The highest BCUT2D eigenvalue weighted by Crippen LogP contribution is 2.53. The van der Waals surface area contributed by atoms with Crippen LogP contribution in [0.5, 0.6) is 0 Å². The fourth-order valence-corrected chi connectivity index (χ4v) is 7.23. The van der Waals surface area contributed by atoms with Gasteiger partial charge in [-0.1, -0.05) is 29.2 Å². The number of aromatic nitrogens is 1. The number of H-pyrrole nitrogens is 1. The Morgan fingerprint density at radius 1 is 1.07 bits per heavy atom. The van der Waals surface area contributed by atoms with Crippen LogP contribution < -0.4 is 9.77 Å². The number of thiophene rings is 1. The van der Waals surface area contributed by atoms with E-state index < -0.39 is 16.1 Å². The molecule has 2 aliphatic heterocycles. The molecule has 2 aromatic heterocycles. The van der Waals surface area contributed by atoms with E-state index in [-0.39, 0.29) is 28.3 Å². The summed E-state index contributed by atoms with van der Waals surface area (Å²) in [5.41, 5.74) is 0.193. The van der Waals surface area contributed by atoms with E-state index in [0.29, 0.717) is 10.7 Å². The second kappa shape index (κ2) is 6.65. The maximum Gasteiger partial charge on any atom is 0.305 e. The Bertz CT molecular complexity index is 1200. The van der Waals surface area contributed by atoms with Crippen LogP contribution in [0.4, 0.5) is 11.4 Å². The molecule has 2 amide bonds. The minimum atomic E-state index is -0.664. The Balaban J connectivity index is 1.60. The number of aromatic amines is 1. The van der Waals surface area contributed by atoms with E-state index in [4.69, 9.17) is 0 Å². The highest BCUT2D eigenvalue weighted by atomic mass is 32.2. The number of fused-ring (bicyclic) bond motifs is 2. The van der Waals surface area contributed by atoms with Crippen molar-refractivity contribution in [3.05, 3.63) is 71.3 Å². The number of imide groups is 1. The van der Waals surface area contributed by atoms with Crippen LogP contribution in [0.2, 0.25) is 0 Å². The quantitative estimate of drug-likeness (QED) is 0.376. The second-order valence-corrected chi connectivity index (χ2v) is 9.70. The van der Waals surface area contributed by atoms with E-state index in [1.807, 2.05) is 17.5 Å². The van der Waals surface area contributed by atoms with Gasteiger partial charge in [0.05, 0.1) is 21.6 Å². The maximum absolute atomic E-state index is 13.4. The number of hydrogen-bond donors (Lipinski definition) is 1. The van der Waals surface area contributed by atoms with Gasteiger partial charge in [0.15, 0.2) is 0 Å². The number of anilines is 1. The van der Waals surface area contributed by atoms with E-state index in [2.05, 4.69) is 4.98 Å². The monoisotopic (exact) mass is 445 g/mol. The van der Waals surface area contributed by atoms with E-state index in [0.717, 1.165) is 26.0 Å². The van der Waals surface area contributed by atoms with Crippen LogP contribution in [0, 0.1) is 16.0 Å². The van der Waals surface area contributed by atoms with E-state index in [9.17, 15) is 24.5 Å². The lowest BCUT2D eigenvalue weighted by atomic mass is 9.87. The lowest BCUT2D eigenvalue weighted by Gasteiger charge is -2.28. The first-order chi connectivity index (χ1) is 14.0. The molecule has 1 fully saturated rings. The van der Waals surface area contributed by atoms with Crippen LogP contribution in [0.3, 0.4) is 0 Å². The maximum atomic E-state index is 13.4. The van der Waals surface area contributed by atoms with Crippen LogP contribution in [0.15, 0.2) is 51.6 Å². The summed E-state index contributed by atoms with van der Waals surface area (Å²) in [5.74, 6) is -1.75. The van der Waals surface area contributed by atoms with Gasteiger partial charge in [-0.25, -0.2) is 4.90 Å². The number of carbonyl (C=O) groups excluding carboxylic acids is 2. The molecule has 0 spiro atoms. The standard InChI is InChI=1S/C18H11N3O5S3/c22-16-12-11(10-2-1-7-27-10)13-15(19-18(24)29-13)28-14(12)17(23)20(16)8-3-5-9(6-4-8)21(25)26/h1-7,11-12,14H,(H,19,24). The topological polar surface area (TPSA) is 113 Å². The summed E-state index contributed by atoms with van der Waals surface area (Å²) in [6.07, 6.45) is 0. The molecule has 146 valence electrons. The molecule has 2 aliphatic rings. The molecule has 0 aliphatic carbocycles. The van der Waals surface area contributed by atoms with Gasteiger partial charge in [0.25, 0.3) is 5.69 Å². The molecule has 3 unspecified atom stereocenters. The number of rotatable bonds is 3. The molecule has 1 aromatic carbocycles. The molecule has 0 bridgehead atoms. The predicted molar refractivity (Wildman–Crippen MR) is 110 cm³/mol. The summed E-state index contributed by atoms with van der Waals surface area (Å²) in [5, 5.41) is 12.8. The molecule has 5 rings (SSSR count). The molecule has 4 heterocycles. The van der Waals surface area contributed by atoms with Gasteiger partial charge in [-0.2, -0.15) is 0 Å². The molecule has 0 radical (unpaired) electrons. The third kappa shape index (κ3) is 2.76. The third-order valence-electron chi connectivity index (χ3n) is 4.99. The molecule has 29 heavy (non-hydrogen) atoms. The van der Waals surface area contributed by atoms with Gasteiger partial charge in [-0.15, -0.1) is 11.3 Å². The van der Waals surface area contributed by atoms with Crippen LogP contribution >= 0.6 is 34.4 Å². The van der Waals surface area contributed by atoms with Gasteiger partial charge in [0.1, 0.15) is 5.25 Å². The minimum absolute atomic E-state index is 0.115. The van der Waals surface area contributed by atoms with Gasteiger partial charge in [-0.05, 0) is 23.6 Å². The number of non-ortho nitro benzene ring substituents is 1. The summed E-state index contributed by atoms with van der Waals surface area (Å²) < 4.78 is 0. The molecule has 3 atom stereocenters. The second-order valence-electron chi connectivity index (χ2n) is 6.55. The summed E-state index contributed by atoms with van der Waals surface area (Å²) >= 11 is 3.76. The van der Waals surface area contributed by atoms with Crippen LogP contribution in [-0.4, -0.2) is 27.0 Å². The van der Waals surface area contributed by atoms with Crippen molar-refractivity contribution in [2.24, 2.45) is 5.92 Å². The molecular weight excluding hydrogens is 434 g/mol. The number of nitro benzene ring substituents is 1. The fraction of sp³-hybridized carbons (Fsp3) is 0.167.